The third kappa shape index (κ3) is 5.22. The minimum Gasteiger partial charge on any atom is -0.353 e. The van der Waals surface area contributed by atoms with Crippen molar-refractivity contribution in [1.82, 2.24) is 10.7 Å². The number of aliphatic imine (C=N–C) groups is 1. The zero-order valence-corrected chi connectivity index (χ0v) is 13.5. The lowest BCUT2D eigenvalue weighted by atomic mass is 9.96. The van der Waals surface area contributed by atoms with Crippen molar-refractivity contribution in [3.8, 4) is 0 Å². The molecule has 1 fully saturated rings. The Hall–Kier alpha value is -0.420. The maximum atomic E-state index is 5.59. The zero-order chi connectivity index (χ0) is 14.1. The van der Waals surface area contributed by atoms with Crippen LogP contribution in [0.1, 0.15) is 58.8 Å². The minimum absolute atomic E-state index is 0.246. The molecule has 0 aromatic heterocycles. The third-order valence-electron chi connectivity index (χ3n) is 4.33. The van der Waals surface area contributed by atoms with Crippen molar-refractivity contribution in [1.29, 1.82) is 0 Å². The lowest BCUT2D eigenvalue weighted by Crippen LogP contribution is -2.47. The van der Waals surface area contributed by atoms with Gasteiger partial charge in [0.15, 0.2) is 0 Å². The first-order valence-corrected chi connectivity index (χ1v) is 8.75. The van der Waals surface area contributed by atoms with E-state index in [0.29, 0.717) is 6.04 Å². The van der Waals surface area contributed by atoms with E-state index in [9.17, 15) is 0 Å². The molecule has 1 rings (SSSR count). The largest absolute Gasteiger partial charge is 0.353 e. The fourth-order valence-electron chi connectivity index (χ4n) is 2.62. The van der Waals surface area contributed by atoms with Crippen LogP contribution in [0.2, 0.25) is 0 Å². The van der Waals surface area contributed by atoms with Gasteiger partial charge in [-0.05, 0) is 31.9 Å². The van der Waals surface area contributed by atoms with Crippen LogP contribution in [0, 0.1) is 0 Å². The Kier molecular flexibility index (Phi) is 7.61. The number of nitrogens with zero attached hydrogens (tertiary/aromatic N) is 1. The lowest BCUT2D eigenvalue weighted by Gasteiger charge is -2.29. The topological polar surface area (TPSA) is 62.4 Å². The molecule has 112 valence electrons. The summed E-state index contributed by atoms with van der Waals surface area (Å²) in [5.74, 6) is 6.35. The van der Waals surface area contributed by atoms with Gasteiger partial charge in [0.2, 0.25) is 5.96 Å². The van der Waals surface area contributed by atoms with E-state index in [1.807, 2.05) is 11.8 Å². The SMILES string of the molecule is CCC(CC)(CN=C(NN)NC1CCCCC1)SC. The number of hydrogen-bond donors (Lipinski definition) is 3. The van der Waals surface area contributed by atoms with Crippen molar-refractivity contribution in [3.05, 3.63) is 0 Å². The number of thioether (sulfide) groups is 1. The van der Waals surface area contributed by atoms with E-state index in [1.54, 1.807) is 0 Å². The molecular weight excluding hydrogens is 256 g/mol. The van der Waals surface area contributed by atoms with Gasteiger partial charge in [0, 0.05) is 10.8 Å². The zero-order valence-electron chi connectivity index (χ0n) is 12.7. The number of nitrogens with two attached hydrogens (primary N) is 1. The summed E-state index contributed by atoms with van der Waals surface area (Å²) < 4.78 is 0.246. The van der Waals surface area contributed by atoms with Gasteiger partial charge in [-0.25, -0.2) is 5.84 Å². The van der Waals surface area contributed by atoms with Crippen LogP contribution in [0.25, 0.3) is 0 Å². The number of rotatable bonds is 6. The predicted octanol–water partition coefficient (Wildman–Crippen LogP) is 2.65. The molecule has 1 aliphatic carbocycles. The average molecular weight is 286 g/mol. The molecule has 0 spiro atoms. The number of hydrogen-bond acceptors (Lipinski definition) is 3. The molecule has 0 heterocycles. The van der Waals surface area contributed by atoms with Crippen LogP contribution in [0.15, 0.2) is 4.99 Å². The van der Waals surface area contributed by atoms with Crippen LogP contribution in [0.3, 0.4) is 0 Å². The van der Waals surface area contributed by atoms with E-state index in [0.717, 1.165) is 25.3 Å². The van der Waals surface area contributed by atoms with E-state index >= 15 is 0 Å². The molecule has 0 aromatic rings. The number of nitrogens with one attached hydrogen (secondary N) is 2. The third-order valence-corrected chi connectivity index (χ3v) is 5.90. The van der Waals surface area contributed by atoms with Crippen molar-refractivity contribution in [2.45, 2.75) is 69.6 Å². The first kappa shape index (κ1) is 16.6. The summed E-state index contributed by atoms with van der Waals surface area (Å²) in [5.41, 5.74) is 2.72. The van der Waals surface area contributed by atoms with Crippen molar-refractivity contribution < 1.29 is 0 Å². The molecule has 0 unspecified atom stereocenters. The molecule has 0 aliphatic heterocycles. The van der Waals surface area contributed by atoms with E-state index < -0.39 is 0 Å². The van der Waals surface area contributed by atoms with Crippen molar-refractivity contribution in [2.75, 3.05) is 12.8 Å². The van der Waals surface area contributed by atoms with Crippen molar-refractivity contribution >= 4 is 17.7 Å². The van der Waals surface area contributed by atoms with Crippen LogP contribution in [-0.4, -0.2) is 29.5 Å². The monoisotopic (exact) mass is 286 g/mol. The molecule has 1 aliphatic rings. The fraction of sp³-hybridized carbons (Fsp3) is 0.929. The van der Waals surface area contributed by atoms with Crippen molar-refractivity contribution in [3.63, 3.8) is 0 Å². The maximum Gasteiger partial charge on any atom is 0.205 e. The number of guanidine groups is 1. The summed E-state index contributed by atoms with van der Waals surface area (Å²) in [5, 5.41) is 3.46. The van der Waals surface area contributed by atoms with Crippen molar-refractivity contribution in [2.24, 2.45) is 10.8 Å². The molecule has 0 atom stereocenters. The van der Waals surface area contributed by atoms with E-state index in [2.05, 4.69) is 35.8 Å². The Labute approximate surface area is 122 Å². The molecular formula is C14H30N4S. The second kappa shape index (κ2) is 8.69. The molecule has 0 amide bonds. The van der Waals surface area contributed by atoms with Gasteiger partial charge in [-0.1, -0.05) is 33.1 Å². The summed E-state index contributed by atoms with van der Waals surface area (Å²) in [4.78, 5) is 4.67. The summed E-state index contributed by atoms with van der Waals surface area (Å²) in [6, 6.07) is 0.537. The highest BCUT2D eigenvalue weighted by Crippen LogP contribution is 2.30. The molecule has 4 nitrogen and oxygen atoms in total. The standard InChI is InChI=1S/C14H30N4S/c1-4-14(5-2,19-3)11-16-13(18-15)17-12-9-7-6-8-10-12/h12H,4-11,15H2,1-3H3,(H2,16,17,18). The number of hydrazine groups is 1. The Bertz CT molecular complexity index is 262. The van der Waals surface area contributed by atoms with Gasteiger partial charge in [-0.3, -0.25) is 10.4 Å². The van der Waals surface area contributed by atoms with E-state index in [-0.39, 0.29) is 4.75 Å². The highest BCUT2D eigenvalue weighted by molar-refractivity contribution is 8.00. The van der Waals surface area contributed by atoms with E-state index in [1.165, 1.54) is 32.1 Å². The molecule has 5 heteroatoms. The molecule has 0 saturated heterocycles. The molecule has 1 saturated carbocycles. The summed E-state index contributed by atoms with van der Waals surface area (Å²) in [6.45, 7) is 5.29. The van der Waals surface area contributed by atoms with Gasteiger partial charge in [-0.2, -0.15) is 11.8 Å². The van der Waals surface area contributed by atoms with Crippen LogP contribution in [0.4, 0.5) is 0 Å². The van der Waals surface area contributed by atoms with Crippen LogP contribution < -0.4 is 16.6 Å². The first-order valence-electron chi connectivity index (χ1n) is 7.52. The quantitative estimate of drug-likeness (QED) is 0.304. The summed E-state index contributed by atoms with van der Waals surface area (Å²) in [7, 11) is 0. The Morgan fingerprint density at radius 2 is 1.89 bits per heavy atom. The Morgan fingerprint density at radius 1 is 1.26 bits per heavy atom. The van der Waals surface area contributed by atoms with E-state index in [4.69, 9.17) is 5.84 Å². The smallest absolute Gasteiger partial charge is 0.205 e. The summed E-state index contributed by atoms with van der Waals surface area (Å²) >= 11 is 1.91. The lowest BCUT2D eigenvalue weighted by molar-refractivity contribution is 0.409. The van der Waals surface area contributed by atoms with Gasteiger partial charge in [0.1, 0.15) is 0 Å². The van der Waals surface area contributed by atoms with Crippen LogP contribution in [-0.2, 0) is 0 Å². The molecule has 0 radical (unpaired) electrons. The normalized spacial score (nSPS) is 18.4. The van der Waals surface area contributed by atoms with Gasteiger partial charge >= 0.3 is 0 Å². The predicted molar refractivity (Wildman–Crippen MR) is 86.5 cm³/mol. The maximum absolute atomic E-state index is 5.59. The van der Waals surface area contributed by atoms with Gasteiger partial charge in [0.25, 0.3) is 0 Å². The van der Waals surface area contributed by atoms with Gasteiger partial charge < -0.3 is 5.32 Å². The second-order valence-electron chi connectivity index (χ2n) is 5.38. The highest BCUT2D eigenvalue weighted by Gasteiger charge is 2.24. The highest BCUT2D eigenvalue weighted by atomic mass is 32.2. The Morgan fingerprint density at radius 3 is 2.37 bits per heavy atom. The Balaban J connectivity index is 2.54. The first-order chi connectivity index (χ1) is 9.19. The van der Waals surface area contributed by atoms with Gasteiger partial charge in [0.05, 0.1) is 6.54 Å². The summed E-state index contributed by atoms with van der Waals surface area (Å²) in [6.07, 6.45) is 10.9. The second-order valence-corrected chi connectivity index (χ2v) is 6.66. The minimum atomic E-state index is 0.246. The molecule has 19 heavy (non-hydrogen) atoms. The molecule has 0 aromatic carbocycles. The fourth-order valence-corrected chi connectivity index (χ4v) is 3.39. The van der Waals surface area contributed by atoms with Gasteiger partial charge in [-0.15, -0.1) is 0 Å². The average Bonchev–Trinajstić information content (AvgIpc) is 2.49. The molecule has 0 bridgehead atoms. The van der Waals surface area contributed by atoms with Crippen LogP contribution in [0.5, 0.6) is 0 Å². The van der Waals surface area contributed by atoms with Crippen LogP contribution >= 0.6 is 11.8 Å². The molecule has 4 N–H and O–H groups in total.